The van der Waals surface area contributed by atoms with Crippen molar-refractivity contribution in [1.82, 2.24) is 4.68 Å². The number of nitrogens with zero attached hydrogens (tertiary/aromatic N) is 3. The lowest BCUT2D eigenvalue weighted by molar-refractivity contribution is 0.374. The second-order valence-electron chi connectivity index (χ2n) is 6.20. The van der Waals surface area contributed by atoms with E-state index < -0.39 is 0 Å². The molecule has 0 atom stereocenters. The summed E-state index contributed by atoms with van der Waals surface area (Å²) in [6.07, 6.45) is 1.68. The third kappa shape index (κ3) is 4.51. The van der Waals surface area contributed by atoms with E-state index in [1.54, 1.807) is 65.6 Å². The Morgan fingerprint density at radius 1 is 0.806 bits per heavy atom. The molecule has 0 aliphatic heterocycles. The summed E-state index contributed by atoms with van der Waals surface area (Å²) in [6.45, 7) is 0. The van der Waals surface area contributed by atoms with Crippen LogP contribution in [0.5, 0.6) is 28.7 Å². The molecule has 9 heteroatoms. The summed E-state index contributed by atoms with van der Waals surface area (Å²) < 4.78 is 29.0. The SMILES string of the molecule is CN=c1scc(-c2cc(OC)ccc2OC)n1/N=C/c1c(OC)cc(OC)cc1OC. The van der Waals surface area contributed by atoms with Crippen LogP contribution in [0.2, 0.25) is 0 Å². The Hall–Kier alpha value is -3.46. The number of benzene rings is 2. The van der Waals surface area contributed by atoms with Gasteiger partial charge in [-0.2, -0.15) is 5.10 Å². The van der Waals surface area contributed by atoms with E-state index in [9.17, 15) is 0 Å². The van der Waals surface area contributed by atoms with Gasteiger partial charge in [0.2, 0.25) is 4.80 Å². The van der Waals surface area contributed by atoms with Gasteiger partial charge < -0.3 is 23.7 Å². The first-order valence-corrected chi connectivity index (χ1v) is 10.2. The van der Waals surface area contributed by atoms with Gasteiger partial charge in [-0.1, -0.05) is 0 Å². The molecule has 0 aliphatic carbocycles. The molecule has 1 aromatic heterocycles. The maximum Gasteiger partial charge on any atom is 0.205 e. The van der Waals surface area contributed by atoms with Crippen LogP contribution in [-0.2, 0) is 0 Å². The largest absolute Gasteiger partial charge is 0.497 e. The summed E-state index contributed by atoms with van der Waals surface area (Å²) in [7, 11) is 9.74. The molecule has 0 spiro atoms. The van der Waals surface area contributed by atoms with Crippen molar-refractivity contribution in [1.29, 1.82) is 0 Å². The molecule has 164 valence electrons. The number of rotatable bonds is 8. The van der Waals surface area contributed by atoms with Crippen LogP contribution in [0.15, 0.2) is 45.8 Å². The van der Waals surface area contributed by atoms with Crippen LogP contribution in [0.25, 0.3) is 11.3 Å². The normalized spacial score (nSPS) is 11.6. The van der Waals surface area contributed by atoms with Crippen LogP contribution < -0.4 is 28.5 Å². The van der Waals surface area contributed by atoms with Crippen molar-refractivity contribution in [3.8, 4) is 40.0 Å². The Morgan fingerprint density at radius 3 is 2.00 bits per heavy atom. The molecule has 0 aliphatic rings. The summed E-state index contributed by atoms with van der Waals surface area (Å²) in [5.74, 6) is 3.19. The molecule has 3 rings (SSSR count). The van der Waals surface area contributed by atoms with Crippen LogP contribution in [0.1, 0.15) is 5.56 Å². The summed E-state index contributed by atoms with van der Waals surface area (Å²) in [6, 6.07) is 9.16. The number of hydrogen-bond acceptors (Lipinski definition) is 8. The molecule has 1 heterocycles. The highest BCUT2D eigenvalue weighted by Gasteiger charge is 2.15. The van der Waals surface area contributed by atoms with Gasteiger partial charge in [-0.25, -0.2) is 4.68 Å². The van der Waals surface area contributed by atoms with Crippen molar-refractivity contribution in [3.05, 3.63) is 46.1 Å². The van der Waals surface area contributed by atoms with Gasteiger partial charge in [-0.05, 0) is 18.2 Å². The average Bonchev–Trinajstić information content (AvgIpc) is 3.24. The molecule has 31 heavy (non-hydrogen) atoms. The van der Waals surface area contributed by atoms with Crippen LogP contribution in [0.4, 0.5) is 0 Å². The predicted molar refractivity (Wildman–Crippen MR) is 121 cm³/mol. The number of methoxy groups -OCH3 is 5. The first-order chi connectivity index (χ1) is 15.1. The Bertz CT molecular complexity index is 1130. The van der Waals surface area contributed by atoms with Gasteiger partial charge in [0, 0.05) is 30.1 Å². The molecule has 0 amide bonds. The zero-order chi connectivity index (χ0) is 22.4. The zero-order valence-electron chi connectivity index (χ0n) is 18.3. The van der Waals surface area contributed by atoms with Gasteiger partial charge in [0.05, 0.1) is 53.0 Å². The second kappa shape index (κ2) is 10.0. The topological polar surface area (TPSA) is 75.8 Å². The first kappa shape index (κ1) is 22.2. The Labute approximate surface area is 184 Å². The fourth-order valence-corrected chi connectivity index (χ4v) is 3.83. The molecule has 3 aromatic rings. The monoisotopic (exact) mass is 443 g/mol. The minimum absolute atomic E-state index is 0.575. The third-order valence-corrected chi connectivity index (χ3v) is 5.52. The molecule has 0 saturated carbocycles. The smallest absolute Gasteiger partial charge is 0.205 e. The molecule has 2 aromatic carbocycles. The number of ether oxygens (including phenoxy) is 5. The van der Waals surface area contributed by atoms with E-state index in [0.717, 1.165) is 11.3 Å². The molecule has 0 fully saturated rings. The van der Waals surface area contributed by atoms with Gasteiger partial charge in [0.25, 0.3) is 0 Å². The summed E-state index contributed by atoms with van der Waals surface area (Å²) in [5, 5.41) is 6.67. The van der Waals surface area contributed by atoms with Crippen molar-refractivity contribution in [2.75, 3.05) is 42.6 Å². The number of aromatic nitrogens is 1. The Balaban J connectivity index is 2.17. The minimum atomic E-state index is 0.575. The summed E-state index contributed by atoms with van der Waals surface area (Å²) in [4.78, 5) is 5.06. The summed E-state index contributed by atoms with van der Waals surface area (Å²) >= 11 is 1.47. The predicted octanol–water partition coefficient (Wildman–Crippen LogP) is 3.67. The lowest BCUT2D eigenvalue weighted by Gasteiger charge is -2.13. The highest BCUT2D eigenvalue weighted by molar-refractivity contribution is 7.07. The average molecular weight is 444 g/mol. The van der Waals surface area contributed by atoms with Gasteiger partial charge in [-0.3, -0.25) is 4.99 Å². The molecular weight excluding hydrogens is 418 g/mol. The van der Waals surface area contributed by atoms with E-state index in [1.807, 2.05) is 23.6 Å². The second-order valence-corrected chi connectivity index (χ2v) is 7.03. The Kier molecular flexibility index (Phi) is 7.19. The van der Waals surface area contributed by atoms with Crippen molar-refractivity contribution in [2.24, 2.45) is 10.1 Å². The fraction of sp³-hybridized carbons (Fsp3) is 0.273. The first-order valence-electron chi connectivity index (χ1n) is 9.30. The molecular formula is C22H25N3O5S. The van der Waals surface area contributed by atoms with Crippen molar-refractivity contribution in [3.63, 3.8) is 0 Å². The maximum absolute atomic E-state index is 5.56. The van der Waals surface area contributed by atoms with Crippen molar-refractivity contribution < 1.29 is 23.7 Å². The van der Waals surface area contributed by atoms with Crippen LogP contribution >= 0.6 is 11.3 Å². The zero-order valence-corrected chi connectivity index (χ0v) is 19.1. The Morgan fingerprint density at radius 2 is 1.45 bits per heavy atom. The molecule has 0 radical (unpaired) electrons. The molecule has 0 saturated heterocycles. The third-order valence-electron chi connectivity index (χ3n) is 4.61. The van der Waals surface area contributed by atoms with Crippen LogP contribution in [-0.4, -0.2) is 53.5 Å². The lowest BCUT2D eigenvalue weighted by Crippen LogP contribution is -2.12. The molecule has 0 N–H and O–H groups in total. The number of thiazole rings is 1. The summed E-state index contributed by atoms with van der Waals surface area (Å²) in [5.41, 5.74) is 2.32. The van der Waals surface area contributed by atoms with Gasteiger partial charge in [-0.15, -0.1) is 11.3 Å². The highest BCUT2D eigenvalue weighted by atomic mass is 32.1. The van der Waals surface area contributed by atoms with Crippen molar-refractivity contribution in [2.45, 2.75) is 0 Å². The van der Waals surface area contributed by atoms with E-state index in [4.69, 9.17) is 28.8 Å². The fourth-order valence-electron chi connectivity index (χ4n) is 3.04. The van der Waals surface area contributed by atoms with Crippen molar-refractivity contribution >= 4 is 17.6 Å². The maximum atomic E-state index is 5.56. The van der Waals surface area contributed by atoms with E-state index in [1.165, 1.54) is 11.3 Å². The van der Waals surface area contributed by atoms with Gasteiger partial charge in [0.1, 0.15) is 28.7 Å². The van der Waals surface area contributed by atoms with Crippen LogP contribution in [0, 0.1) is 0 Å². The minimum Gasteiger partial charge on any atom is -0.497 e. The van der Waals surface area contributed by atoms with E-state index in [-0.39, 0.29) is 0 Å². The van der Waals surface area contributed by atoms with E-state index >= 15 is 0 Å². The van der Waals surface area contributed by atoms with Gasteiger partial charge in [0.15, 0.2) is 0 Å². The molecule has 8 nitrogen and oxygen atoms in total. The van der Waals surface area contributed by atoms with Gasteiger partial charge >= 0.3 is 0 Å². The quantitative estimate of drug-likeness (QED) is 0.497. The molecule has 0 unspecified atom stereocenters. The highest BCUT2D eigenvalue weighted by Crippen LogP contribution is 2.35. The standard InChI is InChI=1S/C22H25N3O5S/c1-23-22-25(18(13-31-22)16-9-14(26-2)7-8-19(16)28-4)24-12-17-20(29-5)10-15(27-3)11-21(17)30-6/h7-13H,1-6H3/b23-22?,24-12+. The number of hydrogen-bond donors (Lipinski definition) is 0. The van der Waals surface area contributed by atoms with Crippen LogP contribution in [0.3, 0.4) is 0 Å². The lowest BCUT2D eigenvalue weighted by atomic mass is 10.1. The van der Waals surface area contributed by atoms with E-state index in [2.05, 4.69) is 4.99 Å². The van der Waals surface area contributed by atoms with E-state index in [0.29, 0.717) is 39.1 Å². The molecule has 0 bridgehead atoms.